The molecule has 1 saturated heterocycles. The molecule has 3 heterocycles. The summed E-state index contributed by atoms with van der Waals surface area (Å²) in [5.41, 5.74) is 1.23. The van der Waals surface area contributed by atoms with Gasteiger partial charge >= 0.3 is 0 Å². The maximum absolute atomic E-state index is 12.8. The van der Waals surface area contributed by atoms with Crippen molar-refractivity contribution in [1.29, 1.82) is 0 Å². The molecule has 1 N–H and O–H groups in total. The number of nitrogens with one attached hydrogen (secondary N) is 1. The van der Waals surface area contributed by atoms with Gasteiger partial charge in [0.05, 0.1) is 18.0 Å². The Morgan fingerprint density at radius 1 is 1.50 bits per heavy atom. The van der Waals surface area contributed by atoms with Crippen molar-refractivity contribution < 1.29 is 9.53 Å². The first-order chi connectivity index (χ1) is 10.7. The molecule has 116 valence electrons. The van der Waals surface area contributed by atoms with Crippen molar-refractivity contribution in [3.8, 4) is 0 Å². The normalized spacial score (nSPS) is 22.0. The number of aromatic amines is 1. The van der Waals surface area contributed by atoms with E-state index in [1.807, 2.05) is 17.2 Å². The molecule has 1 atom stereocenters. The molecular weight excluding hydrogens is 300 g/mol. The second-order valence-electron chi connectivity index (χ2n) is 5.87. The van der Waals surface area contributed by atoms with Crippen molar-refractivity contribution in [1.82, 2.24) is 20.1 Å². The number of aryl methyl sites for hydroxylation is 1. The molecule has 2 aliphatic rings. The highest BCUT2D eigenvalue weighted by molar-refractivity contribution is 7.12. The predicted octanol–water partition coefficient (Wildman–Crippen LogP) is 2.27. The lowest BCUT2D eigenvalue weighted by molar-refractivity contribution is -0.0265. The van der Waals surface area contributed by atoms with Crippen LogP contribution < -0.4 is 0 Å². The molecule has 1 saturated carbocycles. The number of thiophene rings is 1. The fourth-order valence-corrected chi connectivity index (χ4v) is 3.80. The van der Waals surface area contributed by atoms with Crippen molar-refractivity contribution in [2.45, 2.75) is 31.8 Å². The monoisotopic (exact) mass is 318 g/mol. The van der Waals surface area contributed by atoms with E-state index in [-0.39, 0.29) is 12.0 Å². The van der Waals surface area contributed by atoms with Crippen molar-refractivity contribution in [3.63, 3.8) is 0 Å². The fraction of sp³-hybridized carbons (Fsp3) is 0.533. The van der Waals surface area contributed by atoms with E-state index in [4.69, 9.17) is 4.74 Å². The Morgan fingerprint density at radius 2 is 2.36 bits per heavy atom. The van der Waals surface area contributed by atoms with E-state index in [2.05, 4.69) is 21.2 Å². The fourth-order valence-electron chi connectivity index (χ4n) is 2.85. The number of carbonyl (C=O) groups excluding carboxylic acids is 1. The molecular formula is C15H18N4O2S. The van der Waals surface area contributed by atoms with Gasteiger partial charge in [-0.1, -0.05) is 0 Å². The SMILES string of the molecule is Cc1nc(C2CN(C(=O)c3sccc3C3CC3)CCO2)n[nH]1. The van der Waals surface area contributed by atoms with Gasteiger partial charge in [0.1, 0.15) is 11.9 Å². The van der Waals surface area contributed by atoms with Crippen LogP contribution in [-0.2, 0) is 4.74 Å². The number of nitrogens with zero attached hydrogens (tertiary/aromatic N) is 3. The summed E-state index contributed by atoms with van der Waals surface area (Å²) in [5, 5.41) is 9.01. The first-order valence-corrected chi connectivity index (χ1v) is 8.47. The van der Waals surface area contributed by atoms with Gasteiger partial charge in [-0.05, 0) is 42.7 Å². The summed E-state index contributed by atoms with van der Waals surface area (Å²) in [6.07, 6.45) is 2.17. The van der Waals surface area contributed by atoms with E-state index in [1.165, 1.54) is 18.4 Å². The van der Waals surface area contributed by atoms with Gasteiger partial charge in [-0.25, -0.2) is 4.98 Å². The molecule has 0 bridgehead atoms. The third-order valence-corrected chi connectivity index (χ3v) is 5.08. The minimum Gasteiger partial charge on any atom is -0.366 e. The number of hydrogen-bond donors (Lipinski definition) is 1. The predicted molar refractivity (Wildman–Crippen MR) is 82.0 cm³/mol. The molecule has 4 rings (SSSR count). The summed E-state index contributed by atoms with van der Waals surface area (Å²) in [6, 6.07) is 2.10. The van der Waals surface area contributed by atoms with Gasteiger partial charge in [0.25, 0.3) is 5.91 Å². The second-order valence-corrected chi connectivity index (χ2v) is 6.79. The van der Waals surface area contributed by atoms with Crippen molar-refractivity contribution in [3.05, 3.63) is 33.5 Å². The Hall–Kier alpha value is -1.73. The van der Waals surface area contributed by atoms with Crippen molar-refractivity contribution in [2.75, 3.05) is 19.7 Å². The van der Waals surface area contributed by atoms with Gasteiger partial charge in [-0.15, -0.1) is 11.3 Å². The number of amides is 1. The Bertz CT molecular complexity index is 691. The van der Waals surface area contributed by atoms with Gasteiger partial charge < -0.3 is 9.64 Å². The number of rotatable bonds is 3. The minimum atomic E-state index is -0.244. The maximum Gasteiger partial charge on any atom is 0.264 e. The van der Waals surface area contributed by atoms with Crippen molar-refractivity contribution in [2.24, 2.45) is 0 Å². The average molecular weight is 318 g/mol. The Morgan fingerprint density at radius 3 is 3.09 bits per heavy atom. The molecule has 1 unspecified atom stereocenters. The van der Waals surface area contributed by atoms with E-state index >= 15 is 0 Å². The first kappa shape index (κ1) is 13.9. The van der Waals surface area contributed by atoms with Crippen LogP contribution in [0.1, 0.15) is 51.7 Å². The number of aromatic nitrogens is 3. The van der Waals surface area contributed by atoms with E-state index in [9.17, 15) is 4.79 Å². The van der Waals surface area contributed by atoms with Crippen LogP contribution in [0.2, 0.25) is 0 Å². The zero-order chi connectivity index (χ0) is 15.1. The zero-order valence-corrected chi connectivity index (χ0v) is 13.2. The molecule has 0 spiro atoms. The third-order valence-electron chi connectivity index (χ3n) is 4.16. The molecule has 2 aromatic heterocycles. The van der Waals surface area contributed by atoms with Gasteiger partial charge in [-0.2, -0.15) is 5.10 Å². The number of ether oxygens (including phenoxy) is 1. The van der Waals surface area contributed by atoms with Crippen LogP contribution in [0.5, 0.6) is 0 Å². The average Bonchev–Trinajstić information content (AvgIpc) is 3.10. The van der Waals surface area contributed by atoms with Crippen LogP contribution in [0, 0.1) is 6.92 Å². The highest BCUT2D eigenvalue weighted by Gasteiger charge is 2.33. The molecule has 0 aromatic carbocycles. The largest absolute Gasteiger partial charge is 0.366 e. The molecule has 7 heteroatoms. The lowest BCUT2D eigenvalue weighted by Gasteiger charge is -2.31. The Labute approximate surface area is 132 Å². The van der Waals surface area contributed by atoms with E-state index < -0.39 is 0 Å². The van der Waals surface area contributed by atoms with E-state index in [0.717, 1.165) is 10.7 Å². The first-order valence-electron chi connectivity index (χ1n) is 7.59. The zero-order valence-electron chi connectivity index (χ0n) is 12.4. The van der Waals surface area contributed by atoms with Crippen LogP contribution >= 0.6 is 11.3 Å². The van der Waals surface area contributed by atoms with Crippen LogP contribution in [-0.4, -0.2) is 45.7 Å². The number of carbonyl (C=O) groups is 1. The van der Waals surface area contributed by atoms with Gasteiger partial charge in [-0.3, -0.25) is 9.89 Å². The van der Waals surface area contributed by atoms with Gasteiger partial charge in [0, 0.05) is 6.54 Å². The maximum atomic E-state index is 12.8. The number of H-pyrrole nitrogens is 1. The van der Waals surface area contributed by atoms with Crippen LogP contribution in [0.4, 0.5) is 0 Å². The molecule has 1 aliphatic heterocycles. The third kappa shape index (κ3) is 2.55. The molecule has 22 heavy (non-hydrogen) atoms. The number of morpholine rings is 1. The minimum absolute atomic E-state index is 0.123. The van der Waals surface area contributed by atoms with E-state index in [1.54, 1.807) is 11.3 Å². The molecule has 1 amide bonds. The summed E-state index contributed by atoms with van der Waals surface area (Å²) in [7, 11) is 0. The quantitative estimate of drug-likeness (QED) is 0.942. The van der Waals surface area contributed by atoms with Crippen LogP contribution in [0.3, 0.4) is 0 Å². The highest BCUT2D eigenvalue weighted by atomic mass is 32.1. The standard InChI is InChI=1S/C15H18N4O2S/c1-9-16-14(18-17-9)12-8-19(5-6-21-12)15(20)13-11(4-7-22-13)10-2-3-10/h4,7,10,12H,2-3,5-6,8H2,1H3,(H,16,17,18). The summed E-state index contributed by atoms with van der Waals surface area (Å²) < 4.78 is 5.73. The van der Waals surface area contributed by atoms with Crippen molar-refractivity contribution >= 4 is 17.2 Å². The summed E-state index contributed by atoms with van der Waals surface area (Å²) in [4.78, 5) is 19.9. The lowest BCUT2D eigenvalue weighted by Crippen LogP contribution is -2.42. The molecule has 0 radical (unpaired) electrons. The smallest absolute Gasteiger partial charge is 0.264 e. The molecule has 2 aromatic rings. The Balaban J connectivity index is 1.52. The summed E-state index contributed by atoms with van der Waals surface area (Å²) in [5.74, 6) is 2.11. The second kappa shape index (κ2) is 5.48. The van der Waals surface area contributed by atoms with Gasteiger partial charge in [0.15, 0.2) is 5.82 Å². The summed E-state index contributed by atoms with van der Waals surface area (Å²) in [6.45, 7) is 3.52. The van der Waals surface area contributed by atoms with Crippen LogP contribution in [0.25, 0.3) is 0 Å². The van der Waals surface area contributed by atoms with E-state index in [0.29, 0.717) is 31.4 Å². The highest BCUT2D eigenvalue weighted by Crippen LogP contribution is 2.43. The molecule has 2 fully saturated rings. The molecule has 6 nitrogen and oxygen atoms in total. The number of hydrogen-bond acceptors (Lipinski definition) is 5. The lowest BCUT2D eigenvalue weighted by atomic mass is 10.1. The Kier molecular flexibility index (Phi) is 3.46. The van der Waals surface area contributed by atoms with Gasteiger partial charge in [0.2, 0.25) is 0 Å². The van der Waals surface area contributed by atoms with Crippen LogP contribution in [0.15, 0.2) is 11.4 Å². The summed E-state index contributed by atoms with van der Waals surface area (Å²) >= 11 is 1.55. The topological polar surface area (TPSA) is 71.1 Å². The molecule has 1 aliphatic carbocycles.